The molecule has 1 aliphatic heterocycles. The summed E-state index contributed by atoms with van der Waals surface area (Å²) in [6.07, 6.45) is 7.30. The molecular weight excluding hydrogens is 490 g/mol. The Hall–Kier alpha value is -1.75. The Kier molecular flexibility index (Phi) is 15.8. The second kappa shape index (κ2) is 17.6. The van der Waals surface area contributed by atoms with Gasteiger partial charge in [-0.3, -0.25) is 19.2 Å². The Balaban J connectivity index is 2.98. The van der Waals surface area contributed by atoms with Crippen LogP contribution in [-0.4, -0.2) is 71.8 Å². The Morgan fingerprint density at radius 3 is 1.89 bits per heavy atom. The van der Waals surface area contributed by atoms with E-state index in [1.54, 1.807) is 30.4 Å². The molecule has 0 bridgehead atoms. The molecule has 0 spiro atoms. The van der Waals surface area contributed by atoms with E-state index in [1.165, 1.54) is 0 Å². The van der Waals surface area contributed by atoms with E-state index in [1.807, 2.05) is 12.5 Å². The van der Waals surface area contributed by atoms with Crippen LogP contribution in [0.3, 0.4) is 0 Å². The molecule has 0 aliphatic carbocycles. The summed E-state index contributed by atoms with van der Waals surface area (Å²) in [6, 6.07) is 0. The summed E-state index contributed by atoms with van der Waals surface area (Å²) in [5.41, 5.74) is 0. The van der Waals surface area contributed by atoms with E-state index in [2.05, 4.69) is 17.6 Å². The molecule has 11 heteroatoms. The molecule has 0 radical (unpaired) electrons. The molecule has 35 heavy (non-hydrogen) atoms. The van der Waals surface area contributed by atoms with Crippen LogP contribution in [0.5, 0.6) is 0 Å². The lowest BCUT2D eigenvalue weighted by molar-refractivity contribution is -0.201. The number of hydrogen-bond acceptors (Lipinski definition) is 8. The molecular formula is C24H41N3O6S2. The monoisotopic (exact) mass is 531 g/mol. The van der Waals surface area contributed by atoms with Gasteiger partial charge in [0.1, 0.15) is 0 Å². The van der Waals surface area contributed by atoms with Gasteiger partial charge in [-0.2, -0.15) is 23.5 Å². The molecule has 1 fully saturated rings. The Bertz CT molecular complexity index is 705. The van der Waals surface area contributed by atoms with Gasteiger partial charge in [0.2, 0.25) is 11.8 Å². The molecule has 1 aliphatic rings. The van der Waals surface area contributed by atoms with Gasteiger partial charge < -0.3 is 15.5 Å². The van der Waals surface area contributed by atoms with Crippen molar-refractivity contribution in [3.05, 3.63) is 0 Å². The van der Waals surface area contributed by atoms with E-state index in [0.717, 1.165) is 24.3 Å². The zero-order valence-corrected chi connectivity index (χ0v) is 23.1. The minimum atomic E-state index is -0.701. The number of carbonyl (C=O) groups is 5. The molecule has 3 unspecified atom stereocenters. The van der Waals surface area contributed by atoms with Crippen LogP contribution >= 0.6 is 23.5 Å². The third kappa shape index (κ3) is 11.2. The lowest BCUT2D eigenvalue weighted by Crippen LogP contribution is -2.40. The molecule has 0 saturated carbocycles. The van der Waals surface area contributed by atoms with Crippen molar-refractivity contribution in [3.8, 4) is 0 Å². The first-order valence-corrected chi connectivity index (χ1v) is 15.2. The molecule has 4 amide bonds. The van der Waals surface area contributed by atoms with Crippen LogP contribution in [0.1, 0.15) is 65.2 Å². The van der Waals surface area contributed by atoms with Crippen molar-refractivity contribution in [2.75, 3.05) is 37.1 Å². The van der Waals surface area contributed by atoms with Gasteiger partial charge in [-0.15, -0.1) is 5.06 Å². The average molecular weight is 532 g/mol. The van der Waals surface area contributed by atoms with Crippen molar-refractivity contribution in [1.29, 1.82) is 0 Å². The second-order valence-corrected chi connectivity index (χ2v) is 10.6. The van der Waals surface area contributed by atoms with Gasteiger partial charge >= 0.3 is 5.97 Å². The van der Waals surface area contributed by atoms with Crippen LogP contribution in [0, 0.1) is 17.8 Å². The molecule has 200 valence electrons. The summed E-state index contributed by atoms with van der Waals surface area (Å²) in [5, 5.41) is 6.44. The highest BCUT2D eigenvalue weighted by molar-refractivity contribution is 7.98. The number of nitrogens with zero attached hydrogens (tertiary/aromatic N) is 1. The van der Waals surface area contributed by atoms with E-state index in [0.29, 0.717) is 37.4 Å². The molecule has 1 heterocycles. The van der Waals surface area contributed by atoms with Gasteiger partial charge in [-0.25, -0.2) is 4.79 Å². The zero-order chi connectivity index (χ0) is 26.2. The maximum atomic E-state index is 13.1. The normalized spacial score (nSPS) is 16.1. The van der Waals surface area contributed by atoms with Crippen LogP contribution in [-0.2, 0) is 28.8 Å². The SMILES string of the molecule is CCCCC(CC(CC(CC)C(=O)ON1C(=O)CCC1=O)C(=O)NCCSC)C(=O)NCCSC. The van der Waals surface area contributed by atoms with E-state index >= 15 is 0 Å². The molecule has 3 atom stereocenters. The molecule has 0 aromatic rings. The van der Waals surface area contributed by atoms with Gasteiger partial charge in [-0.1, -0.05) is 26.7 Å². The molecule has 9 nitrogen and oxygen atoms in total. The van der Waals surface area contributed by atoms with Gasteiger partial charge in [0.05, 0.1) is 5.92 Å². The second-order valence-electron chi connectivity index (χ2n) is 8.67. The van der Waals surface area contributed by atoms with Crippen LogP contribution in [0.2, 0.25) is 0 Å². The number of amides is 4. The maximum Gasteiger partial charge on any atom is 0.336 e. The third-order valence-corrected chi connectivity index (χ3v) is 7.23. The fourth-order valence-corrected chi connectivity index (χ4v) is 4.51. The average Bonchev–Trinajstić information content (AvgIpc) is 3.15. The summed E-state index contributed by atoms with van der Waals surface area (Å²) in [5.74, 6) is -2.08. The van der Waals surface area contributed by atoms with Crippen molar-refractivity contribution in [1.82, 2.24) is 15.7 Å². The predicted octanol–water partition coefficient (Wildman–Crippen LogP) is 2.78. The standard InChI is InChI=1S/C24H41N3O6S2/c1-5-7-8-18(22(30)25-11-13-34-3)16-19(23(31)26-12-14-35-4)15-17(6-2)24(32)33-27-20(28)9-10-21(27)29/h17-19H,5-16H2,1-4H3,(H,25,30)(H,26,31). The molecule has 0 aromatic heterocycles. The van der Waals surface area contributed by atoms with Crippen LogP contribution in [0.15, 0.2) is 0 Å². The topological polar surface area (TPSA) is 122 Å². The summed E-state index contributed by atoms with van der Waals surface area (Å²) in [4.78, 5) is 67.7. The van der Waals surface area contributed by atoms with Crippen molar-refractivity contribution in [2.45, 2.75) is 65.2 Å². The summed E-state index contributed by atoms with van der Waals surface area (Å²) < 4.78 is 0. The number of hydroxylamine groups is 2. The van der Waals surface area contributed by atoms with E-state index < -0.39 is 29.6 Å². The van der Waals surface area contributed by atoms with Crippen molar-refractivity contribution < 1.29 is 28.8 Å². The molecule has 2 N–H and O–H groups in total. The zero-order valence-electron chi connectivity index (χ0n) is 21.4. The minimum absolute atomic E-state index is 0.0220. The van der Waals surface area contributed by atoms with Gasteiger partial charge in [0.15, 0.2) is 0 Å². The van der Waals surface area contributed by atoms with Crippen molar-refractivity contribution in [2.24, 2.45) is 17.8 Å². The smallest absolute Gasteiger partial charge is 0.336 e. The Morgan fingerprint density at radius 2 is 1.40 bits per heavy atom. The van der Waals surface area contributed by atoms with E-state index in [4.69, 9.17) is 4.84 Å². The Labute approximate surface area is 217 Å². The number of carbonyl (C=O) groups excluding carboxylic acids is 5. The highest BCUT2D eigenvalue weighted by Crippen LogP contribution is 2.27. The number of thioether (sulfide) groups is 2. The van der Waals surface area contributed by atoms with Crippen LogP contribution in [0.25, 0.3) is 0 Å². The summed E-state index contributed by atoms with van der Waals surface area (Å²) in [7, 11) is 0. The van der Waals surface area contributed by atoms with Crippen molar-refractivity contribution >= 4 is 53.1 Å². The highest BCUT2D eigenvalue weighted by atomic mass is 32.2. The Morgan fingerprint density at radius 1 is 0.886 bits per heavy atom. The predicted molar refractivity (Wildman–Crippen MR) is 139 cm³/mol. The fourth-order valence-electron chi connectivity index (χ4n) is 3.90. The number of nitrogens with one attached hydrogen (secondary N) is 2. The van der Waals surface area contributed by atoms with E-state index in [-0.39, 0.29) is 37.0 Å². The molecule has 1 saturated heterocycles. The van der Waals surface area contributed by atoms with Gasteiger partial charge in [-0.05, 0) is 38.2 Å². The molecule has 1 rings (SSSR count). The number of rotatable bonds is 18. The van der Waals surface area contributed by atoms with Crippen LogP contribution < -0.4 is 10.6 Å². The lowest BCUT2D eigenvalue weighted by Gasteiger charge is -2.26. The summed E-state index contributed by atoms with van der Waals surface area (Å²) in [6.45, 7) is 4.91. The van der Waals surface area contributed by atoms with Crippen molar-refractivity contribution in [3.63, 3.8) is 0 Å². The first-order chi connectivity index (χ1) is 16.8. The summed E-state index contributed by atoms with van der Waals surface area (Å²) >= 11 is 3.26. The first-order valence-electron chi connectivity index (χ1n) is 12.4. The number of imide groups is 1. The van der Waals surface area contributed by atoms with E-state index in [9.17, 15) is 24.0 Å². The lowest BCUT2D eigenvalue weighted by atomic mass is 9.83. The number of hydrogen-bond donors (Lipinski definition) is 2. The van der Waals surface area contributed by atoms with Gasteiger partial charge in [0.25, 0.3) is 11.8 Å². The number of unbranched alkanes of at least 4 members (excludes halogenated alkanes) is 1. The fraction of sp³-hybridized carbons (Fsp3) is 0.792. The quantitative estimate of drug-likeness (QED) is 0.205. The third-order valence-electron chi connectivity index (χ3n) is 6.01. The maximum absolute atomic E-state index is 13.1. The van der Waals surface area contributed by atoms with Crippen LogP contribution in [0.4, 0.5) is 0 Å². The first kappa shape index (κ1) is 31.3. The minimum Gasteiger partial charge on any atom is -0.355 e. The largest absolute Gasteiger partial charge is 0.355 e. The van der Waals surface area contributed by atoms with Gasteiger partial charge in [0, 0.05) is 49.3 Å². The highest BCUT2D eigenvalue weighted by Gasteiger charge is 2.36. The molecule has 0 aromatic carbocycles.